The molecule has 0 aliphatic carbocycles. The van der Waals surface area contributed by atoms with Crippen LogP contribution in [0.5, 0.6) is 0 Å². The molecule has 2 aromatic carbocycles. The highest BCUT2D eigenvalue weighted by Gasteiger charge is 2.12. The van der Waals surface area contributed by atoms with E-state index in [-0.39, 0.29) is 6.03 Å². The minimum Gasteiger partial charge on any atom is -0.338 e. The molecule has 0 unspecified atom stereocenters. The van der Waals surface area contributed by atoms with Crippen molar-refractivity contribution in [3.63, 3.8) is 0 Å². The maximum absolute atomic E-state index is 12.0. The zero-order valence-corrected chi connectivity index (χ0v) is 16.8. The molecule has 28 heavy (non-hydrogen) atoms. The number of fused-ring (bicyclic) bond motifs is 1. The van der Waals surface area contributed by atoms with Crippen molar-refractivity contribution in [2.75, 3.05) is 11.9 Å². The van der Waals surface area contributed by atoms with Crippen molar-refractivity contribution < 1.29 is 4.79 Å². The number of urea groups is 1. The molecule has 3 rings (SSSR count). The molecule has 0 spiro atoms. The van der Waals surface area contributed by atoms with Gasteiger partial charge in [-0.2, -0.15) is 0 Å². The van der Waals surface area contributed by atoms with Crippen LogP contribution in [0.1, 0.15) is 37.0 Å². The second-order valence-corrected chi connectivity index (χ2v) is 6.90. The van der Waals surface area contributed by atoms with Crippen molar-refractivity contribution in [3.05, 3.63) is 65.9 Å². The number of carbonyl (C=O) groups is 1. The smallest absolute Gasteiger partial charge is 0.320 e. The van der Waals surface area contributed by atoms with Crippen LogP contribution in [0.15, 0.2) is 49.2 Å². The average molecular weight is 374 g/mol. The highest BCUT2D eigenvalue weighted by molar-refractivity contribution is 5.96. The van der Waals surface area contributed by atoms with Gasteiger partial charge in [-0.25, -0.2) is 9.78 Å². The van der Waals surface area contributed by atoms with Gasteiger partial charge in [0.2, 0.25) is 0 Å². The van der Waals surface area contributed by atoms with Crippen LogP contribution in [0.2, 0.25) is 0 Å². The van der Waals surface area contributed by atoms with Crippen LogP contribution >= 0.6 is 0 Å². The number of aromatic nitrogens is 1. The Balaban J connectivity index is 2.08. The molecule has 0 atom stereocenters. The Hall–Kier alpha value is -3.14. The predicted octanol–water partition coefficient (Wildman–Crippen LogP) is 5.95. The Bertz CT molecular complexity index is 1020. The molecule has 0 fully saturated rings. The SMILES string of the molecule is C=Cc1ccc(C)c(-c2ccc3c(CCC)c(NC(=O)NCC)ncc3c2)c1. The van der Waals surface area contributed by atoms with E-state index >= 15 is 0 Å². The van der Waals surface area contributed by atoms with Gasteiger partial charge >= 0.3 is 6.03 Å². The van der Waals surface area contributed by atoms with Crippen LogP contribution in [0.4, 0.5) is 10.6 Å². The molecule has 0 saturated carbocycles. The molecule has 1 heterocycles. The van der Waals surface area contributed by atoms with Crippen molar-refractivity contribution in [1.29, 1.82) is 0 Å². The van der Waals surface area contributed by atoms with Gasteiger partial charge in [0, 0.05) is 23.7 Å². The van der Waals surface area contributed by atoms with E-state index in [2.05, 4.69) is 72.4 Å². The third-order valence-electron chi connectivity index (χ3n) is 4.87. The third-order valence-corrected chi connectivity index (χ3v) is 4.87. The zero-order valence-electron chi connectivity index (χ0n) is 16.8. The minimum atomic E-state index is -0.222. The Kier molecular flexibility index (Phi) is 6.09. The van der Waals surface area contributed by atoms with Gasteiger partial charge in [0.25, 0.3) is 0 Å². The van der Waals surface area contributed by atoms with Gasteiger partial charge in [0.15, 0.2) is 0 Å². The lowest BCUT2D eigenvalue weighted by Crippen LogP contribution is -2.29. The molecule has 144 valence electrons. The highest BCUT2D eigenvalue weighted by Crippen LogP contribution is 2.31. The van der Waals surface area contributed by atoms with E-state index in [0.717, 1.165) is 40.3 Å². The quantitative estimate of drug-likeness (QED) is 0.561. The first-order valence-corrected chi connectivity index (χ1v) is 9.77. The first-order chi connectivity index (χ1) is 13.6. The van der Waals surface area contributed by atoms with Crippen LogP contribution in [0.3, 0.4) is 0 Å². The Morgan fingerprint density at radius 1 is 1.18 bits per heavy atom. The monoisotopic (exact) mass is 373 g/mol. The summed E-state index contributed by atoms with van der Waals surface area (Å²) >= 11 is 0. The molecule has 0 aliphatic heterocycles. The van der Waals surface area contributed by atoms with E-state index in [1.54, 1.807) is 0 Å². The van der Waals surface area contributed by atoms with Crippen molar-refractivity contribution >= 4 is 28.7 Å². The summed E-state index contributed by atoms with van der Waals surface area (Å²) in [5, 5.41) is 7.85. The number of hydrogen-bond acceptors (Lipinski definition) is 2. The summed E-state index contributed by atoms with van der Waals surface area (Å²) in [5.41, 5.74) is 5.76. The molecule has 0 radical (unpaired) electrons. The van der Waals surface area contributed by atoms with Gasteiger partial charge in [-0.3, -0.25) is 5.32 Å². The Morgan fingerprint density at radius 3 is 2.71 bits per heavy atom. The number of hydrogen-bond donors (Lipinski definition) is 2. The highest BCUT2D eigenvalue weighted by atomic mass is 16.2. The molecule has 3 aromatic rings. The van der Waals surface area contributed by atoms with E-state index in [4.69, 9.17) is 0 Å². The molecule has 0 aliphatic rings. The largest absolute Gasteiger partial charge is 0.338 e. The predicted molar refractivity (Wildman–Crippen MR) is 119 cm³/mol. The lowest BCUT2D eigenvalue weighted by atomic mass is 9.94. The minimum absolute atomic E-state index is 0.222. The summed E-state index contributed by atoms with van der Waals surface area (Å²) in [6.07, 6.45) is 5.54. The number of carbonyl (C=O) groups excluding carboxylic acids is 1. The molecule has 0 bridgehead atoms. The summed E-state index contributed by atoms with van der Waals surface area (Å²) in [6.45, 7) is 10.6. The van der Waals surface area contributed by atoms with Gasteiger partial charge in [-0.15, -0.1) is 0 Å². The number of aryl methyl sites for hydroxylation is 2. The number of anilines is 1. The Labute approximate surface area is 166 Å². The molecular weight excluding hydrogens is 346 g/mol. The lowest BCUT2D eigenvalue weighted by Gasteiger charge is -2.14. The van der Waals surface area contributed by atoms with Crippen molar-refractivity contribution in [1.82, 2.24) is 10.3 Å². The average Bonchev–Trinajstić information content (AvgIpc) is 2.70. The van der Waals surface area contributed by atoms with Crippen LogP contribution in [0, 0.1) is 6.92 Å². The fourth-order valence-electron chi connectivity index (χ4n) is 3.45. The van der Waals surface area contributed by atoms with Crippen LogP contribution in [-0.4, -0.2) is 17.6 Å². The van der Waals surface area contributed by atoms with Crippen molar-refractivity contribution in [2.45, 2.75) is 33.6 Å². The lowest BCUT2D eigenvalue weighted by molar-refractivity contribution is 0.252. The van der Waals surface area contributed by atoms with E-state index < -0.39 is 0 Å². The fourth-order valence-corrected chi connectivity index (χ4v) is 3.45. The molecular formula is C24H27N3O. The van der Waals surface area contributed by atoms with Crippen molar-refractivity contribution in [2.24, 2.45) is 0 Å². The fraction of sp³-hybridized carbons (Fsp3) is 0.250. The van der Waals surface area contributed by atoms with E-state index in [0.29, 0.717) is 12.4 Å². The zero-order chi connectivity index (χ0) is 20.1. The molecule has 2 amide bonds. The molecule has 4 heteroatoms. The van der Waals surface area contributed by atoms with Gasteiger partial charge in [-0.05, 0) is 60.0 Å². The molecule has 1 aromatic heterocycles. The van der Waals surface area contributed by atoms with Gasteiger partial charge in [0.1, 0.15) is 5.82 Å². The normalized spacial score (nSPS) is 10.7. The number of rotatable bonds is 6. The van der Waals surface area contributed by atoms with E-state index in [9.17, 15) is 4.79 Å². The summed E-state index contributed by atoms with van der Waals surface area (Å²) in [5.74, 6) is 0.637. The van der Waals surface area contributed by atoms with Gasteiger partial charge < -0.3 is 5.32 Å². The summed E-state index contributed by atoms with van der Waals surface area (Å²) in [4.78, 5) is 16.5. The summed E-state index contributed by atoms with van der Waals surface area (Å²) in [7, 11) is 0. The van der Waals surface area contributed by atoms with E-state index in [1.807, 2.05) is 19.2 Å². The molecule has 4 nitrogen and oxygen atoms in total. The van der Waals surface area contributed by atoms with Crippen LogP contribution in [-0.2, 0) is 6.42 Å². The third kappa shape index (κ3) is 4.06. The van der Waals surface area contributed by atoms with Crippen LogP contribution in [0.25, 0.3) is 28.0 Å². The topological polar surface area (TPSA) is 54.0 Å². The number of benzene rings is 2. The first kappa shape index (κ1) is 19.6. The Morgan fingerprint density at radius 2 is 2.00 bits per heavy atom. The van der Waals surface area contributed by atoms with Crippen molar-refractivity contribution in [3.8, 4) is 11.1 Å². The first-order valence-electron chi connectivity index (χ1n) is 9.77. The summed E-state index contributed by atoms with van der Waals surface area (Å²) in [6, 6.07) is 12.6. The number of pyridine rings is 1. The maximum atomic E-state index is 12.0. The molecule has 0 saturated heterocycles. The number of amides is 2. The van der Waals surface area contributed by atoms with E-state index in [1.165, 1.54) is 11.1 Å². The van der Waals surface area contributed by atoms with Gasteiger partial charge in [0.05, 0.1) is 0 Å². The second kappa shape index (κ2) is 8.70. The number of nitrogens with one attached hydrogen (secondary N) is 2. The summed E-state index contributed by atoms with van der Waals surface area (Å²) < 4.78 is 0. The molecule has 2 N–H and O–H groups in total. The number of nitrogens with zero attached hydrogens (tertiary/aromatic N) is 1. The van der Waals surface area contributed by atoms with Crippen LogP contribution < -0.4 is 10.6 Å². The standard InChI is InChI=1S/C24H27N3O/c1-5-8-21-20-12-11-18(22-13-17(6-2)10-9-16(22)4)14-19(20)15-26-23(21)27-24(28)25-7-3/h6,9-15H,2,5,7-8H2,1,3-4H3,(H2,25,26,27,28). The maximum Gasteiger partial charge on any atom is 0.320 e. The van der Waals surface area contributed by atoms with Gasteiger partial charge in [-0.1, -0.05) is 50.3 Å². The second-order valence-electron chi connectivity index (χ2n) is 6.90.